The van der Waals surface area contributed by atoms with Crippen molar-refractivity contribution in [3.05, 3.63) is 0 Å². The van der Waals surface area contributed by atoms with Gasteiger partial charge in [-0.15, -0.1) is 0 Å². The molecular weight excluding hydrogens is 431 g/mol. The summed E-state index contributed by atoms with van der Waals surface area (Å²) < 4.78 is 20.4. The van der Waals surface area contributed by atoms with Gasteiger partial charge in [0.2, 0.25) is 0 Å². The molecule has 0 aromatic carbocycles. The van der Waals surface area contributed by atoms with Crippen molar-refractivity contribution in [2.75, 3.05) is 19.8 Å². The second-order valence-electron chi connectivity index (χ2n) is 7.51. The minimum atomic E-state index is -3.36. The average molecular weight is 479 g/mol. The van der Waals surface area contributed by atoms with Crippen LogP contribution in [-0.4, -0.2) is 39.4 Å². The van der Waals surface area contributed by atoms with Crippen LogP contribution in [-0.2, 0) is 9.22 Å². The molecule has 0 atom stereocenters. The van der Waals surface area contributed by atoms with Gasteiger partial charge in [0, 0.05) is 0 Å². The van der Waals surface area contributed by atoms with Crippen LogP contribution in [0.15, 0.2) is 0 Å². The predicted molar refractivity (Wildman–Crippen MR) is 116 cm³/mol. The second-order valence-corrected chi connectivity index (χ2v) is 15.3. The Balaban J connectivity index is 4.52. The fourth-order valence-electron chi connectivity index (χ4n) is 3.00. The van der Waals surface area contributed by atoms with E-state index in [0.717, 1.165) is 43.5 Å². The molecule has 0 radical (unpaired) electrons. The third kappa shape index (κ3) is 15.7. The molecular formula is C22H48O3Sn. The summed E-state index contributed by atoms with van der Waals surface area (Å²) in [6, 6.07) is 0. The first-order valence-corrected chi connectivity index (χ1v) is 17.2. The molecule has 0 N–H and O–H groups in total. The van der Waals surface area contributed by atoms with Gasteiger partial charge in [0.15, 0.2) is 0 Å². The number of hydrogen-bond acceptors (Lipinski definition) is 3. The van der Waals surface area contributed by atoms with E-state index in [1.165, 1.54) is 70.6 Å². The summed E-state index contributed by atoms with van der Waals surface area (Å²) in [6.07, 6.45) is 17.3. The van der Waals surface area contributed by atoms with Crippen molar-refractivity contribution in [3.8, 4) is 0 Å². The summed E-state index contributed by atoms with van der Waals surface area (Å²) in [5, 5.41) is 0. The molecule has 4 heteroatoms. The molecule has 26 heavy (non-hydrogen) atoms. The topological polar surface area (TPSA) is 27.7 Å². The van der Waals surface area contributed by atoms with E-state index < -0.39 is 19.6 Å². The normalized spacial score (nSPS) is 12.0. The first kappa shape index (κ1) is 26.7. The zero-order valence-electron chi connectivity index (χ0n) is 18.5. The first-order chi connectivity index (χ1) is 12.7. The van der Waals surface area contributed by atoms with Crippen LogP contribution >= 0.6 is 0 Å². The molecule has 3 nitrogen and oxygen atoms in total. The quantitative estimate of drug-likeness (QED) is 0.126. The van der Waals surface area contributed by atoms with Crippen molar-refractivity contribution in [3.63, 3.8) is 0 Å². The molecule has 0 fully saturated rings. The summed E-state index contributed by atoms with van der Waals surface area (Å²) >= 11 is -3.36. The third-order valence-electron chi connectivity index (χ3n) is 4.80. The average Bonchev–Trinajstić information content (AvgIpc) is 2.65. The zero-order valence-corrected chi connectivity index (χ0v) is 21.3. The van der Waals surface area contributed by atoms with E-state index in [0.29, 0.717) is 0 Å². The molecule has 0 heterocycles. The minimum absolute atomic E-state index is 0.837. The van der Waals surface area contributed by atoms with Gasteiger partial charge in [-0.3, -0.25) is 0 Å². The Morgan fingerprint density at radius 2 is 0.769 bits per heavy atom. The van der Waals surface area contributed by atoms with Crippen LogP contribution < -0.4 is 0 Å². The SMILES string of the molecule is CCCCCC[O][Sn]([CH2]CCC)([O]CCCCCC)[O]CCCCCC. The molecule has 0 saturated heterocycles. The van der Waals surface area contributed by atoms with Gasteiger partial charge in [0.25, 0.3) is 0 Å². The standard InChI is InChI=1S/3C6H13O.C4H9.Sn/c3*1-2-3-4-5-6-7;1-3-4-2;/h3*2-6H2,1H3;1,3-4H2,2H3;/q3*-1;;+3. The number of unbranched alkanes of at least 4 members (excludes halogenated alkanes) is 10. The molecule has 0 amide bonds. The van der Waals surface area contributed by atoms with Crippen LogP contribution in [0.5, 0.6) is 0 Å². The molecule has 0 unspecified atom stereocenters. The van der Waals surface area contributed by atoms with E-state index in [1.807, 2.05) is 0 Å². The molecule has 0 aromatic rings. The van der Waals surface area contributed by atoms with E-state index >= 15 is 0 Å². The van der Waals surface area contributed by atoms with Gasteiger partial charge in [0.05, 0.1) is 0 Å². The van der Waals surface area contributed by atoms with Gasteiger partial charge in [0.1, 0.15) is 0 Å². The molecule has 158 valence electrons. The Labute approximate surface area is 170 Å². The summed E-state index contributed by atoms with van der Waals surface area (Å²) in [5.41, 5.74) is 0. The van der Waals surface area contributed by atoms with E-state index in [2.05, 4.69) is 27.7 Å². The molecule has 0 saturated carbocycles. The van der Waals surface area contributed by atoms with Crippen molar-refractivity contribution < 1.29 is 9.22 Å². The number of rotatable bonds is 21. The van der Waals surface area contributed by atoms with Gasteiger partial charge in [-0.2, -0.15) is 0 Å². The van der Waals surface area contributed by atoms with Crippen molar-refractivity contribution in [2.45, 2.75) is 122 Å². The number of hydrogen-bond donors (Lipinski definition) is 0. The Hall–Kier alpha value is 0.679. The summed E-state index contributed by atoms with van der Waals surface area (Å²) in [6.45, 7) is 11.5. The van der Waals surface area contributed by atoms with E-state index in [1.54, 1.807) is 0 Å². The van der Waals surface area contributed by atoms with Gasteiger partial charge in [-0.1, -0.05) is 0 Å². The van der Waals surface area contributed by atoms with Crippen molar-refractivity contribution in [1.29, 1.82) is 0 Å². The third-order valence-corrected chi connectivity index (χ3v) is 13.1. The van der Waals surface area contributed by atoms with Crippen LogP contribution in [0.4, 0.5) is 0 Å². The van der Waals surface area contributed by atoms with Gasteiger partial charge >= 0.3 is 171 Å². The summed E-state index contributed by atoms with van der Waals surface area (Å²) in [7, 11) is 0. The molecule has 0 spiro atoms. The maximum absolute atomic E-state index is 6.46. The fourth-order valence-corrected chi connectivity index (χ4v) is 11.1. The second kappa shape index (κ2) is 20.4. The Morgan fingerprint density at radius 1 is 0.423 bits per heavy atom. The van der Waals surface area contributed by atoms with Gasteiger partial charge in [-0.05, 0) is 0 Å². The molecule has 0 aliphatic heterocycles. The van der Waals surface area contributed by atoms with Crippen LogP contribution in [0.25, 0.3) is 0 Å². The zero-order chi connectivity index (χ0) is 19.3. The predicted octanol–water partition coefficient (Wildman–Crippen LogP) is 7.52. The summed E-state index contributed by atoms with van der Waals surface area (Å²) in [4.78, 5) is 0. The Bertz CT molecular complexity index is 238. The van der Waals surface area contributed by atoms with E-state index in [-0.39, 0.29) is 0 Å². The fraction of sp³-hybridized carbons (Fsp3) is 1.00. The molecule has 0 aromatic heterocycles. The molecule has 0 bridgehead atoms. The van der Waals surface area contributed by atoms with Crippen LogP contribution in [0.3, 0.4) is 0 Å². The van der Waals surface area contributed by atoms with Gasteiger partial charge < -0.3 is 0 Å². The van der Waals surface area contributed by atoms with Crippen LogP contribution in [0, 0.1) is 0 Å². The monoisotopic (exact) mass is 480 g/mol. The summed E-state index contributed by atoms with van der Waals surface area (Å²) in [5.74, 6) is 0. The molecule has 0 rings (SSSR count). The van der Waals surface area contributed by atoms with Crippen molar-refractivity contribution in [2.24, 2.45) is 0 Å². The molecule has 0 aliphatic carbocycles. The van der Waals surface area contributed by atoms with Crippen molar-refractivity contribution in [1.82, 2.24) is 0 Å². The van der Waals surface area contributed by atoms with E-state index in [4.69, 9.17) is 9.22 Å². The Morgan fingerprint density at radius 3 is 1.08 bits per heavy atom. The molecule has 0 aliphatic rings. The van der Waals surface area contributed by atoms with Gasteiger partial charge in [-0.25, -0.2) is 0 Å². The van der Waals surface area contributed by atoms with Crippen molar-refractivity contribution >= 4 is 19.6 Å². The Kier molecular flexibility index (Phi) is 20.9. The maximum atomic E-state index is 6.46. The van der Waals surface area contributed by atoms with Crippen LogP contribution in [0.2, 0.25) is 4.44 Å². The van der Waals surface area contributed by atoms with E-state index in [9.17, 15) is 0 Å². The first-order valence-electron chi connectivity index (χ1n) is 11.7. The van der Waals surface area contributed by atoms with Crippen LogP contribution in [0.1, 0.15) is 118 Å².